The number of rotatable bonds is 3. The zero-order valence-electron chi connectivity index (χ0n) is 11.8. The molecule has 1 aromatic rings. The minimum absolute atomic E-state index is 0.262. The van der Waals surface area contributed by atoms with E-state index in [-0.39, 0.29) is 16.7 Å². The van der Waals surface area contributed by atoms with E-state index in [0.29, 0.717) is 0 Å². The van der Waals surface area contributed by atoms with Crippen LogP contribution in [0.3, 0.4) is 0 Å². The Morgan fingerprint density at radius 3 is 2.50 bits per heavy atom. The molecule has 5 heteroatoms. The second-order valence-corrected chi connectivity index (χ2v) is 6.50. The number of pyridine rings is 1. The van der Waals surface area contributed by atoms with Crippen molar-refractivity contribution < 1.29 is 4.79 Å². The highest BCUT2D eigenvalue weighted by atomic mass is 32.1. The highest BCUT2D eigenvalue weighted by Crippen LogP contribution is 2.48. The zero-order chi connectivity index (χ0) is 14.2. The molecule has 20 heavy (non-hydrogen) atoms. The molecule has 0 radical (unpaired) electrons. The first-order valence-electron chi connectivity index (χ1n) is 7.26. The lowest BCUT2D eigenvalue weighted by Crippen LogP contribution is -2.52. The lowest BCUT2D eigenvalue weighted by molar-refractivity contribution is -0.135. The molecule has 0 bridgehead atoms. The molecular formula is C15H21N3OS. The van der Waals surface area contributed by atoms with Gasteiger partial charge in [0, 0.05) is 32.4 Å². The smallest absolute Gasteiger partial charge is 0.234 e. The van der Waals surface area contributed by atoms with Crippen LogP contribution in [0.1, 0.15) is 25.5 Å². The van der Waals surface area contributed by atoms with E-state index in [1.54, 1.807) is 6.20 Å². The van der Waals surface area contributed by atoms with Gasteiger partial charge in [-0.1, -0.05) is 6.07 Å². The van der Waals surface area contributed by atoms with Crippen molar-refractivity contribution in [2.24, 2.45) is 0 Å². The van der Waals surface area contributed by atoms with Crippen LogP contribution in [0.5, 0.6) is 0 Å². The van der Waals surface area contributed by atoms with Crippen molar-refractivity contribution in [1.29, 1.82) is 0 Å². The molecule has 1 atom stereocenters. The van der Waals surface area contributed by atoms with Gasteiger partial charge in [-0.25, -0.2) is 0 Å². The van der Waals surface area contributed by atoms with Gasteiger partial charge >= 0.3 is 0 Å². The second-order valence-electron chi connectivity index (χ2n) is 5.76. The molecule has 2 heterocycles. The van der Waals surface area contributed by atoms with Crippen LogP contribution >= 0.6 is 12.6 Å². The normalized spacial score (nSPS) is 23.4. The fourth-order valence-electron chi connectivity index (χ4n) is 2.95. The molecule has 1 saturated carbocycles. The Balaban J connectivity index is 1.69. The number of amides is 1. The molecule has 4 nitrogen and oxygen atoms in total. The second kappa shape index (κ2) is 5.37. The molecule has 1 amide bonds. The number of piperazine rings is 1. The maximum atomic E-state index is 12.8. The number of hydrogen-bond acceptors (Lipinski definition) is 4. The molecule has 3 rings (SSSR count). The van der Waals surface area contributed by atoms with Crippen molar-refractivity contribution in [3.05, 3.63) is 30.1 Å². The molecule has 0 spiro atoms. The summed E-state index contributed by atoms with van der Waals surface area (Å²) >= 11 is 4.46. The van der Waals surface area contributed by atoms with E-state index >= 15 is 0 Å². The summed E-state index contributed by atoms with van der Waals surface area (Å²) < 4.78 is 0. The van der Waals surface area contributed by atoms with Gasteiger partial charge in [0.25, 0.3) is 0 Å². The number of nitrogens with zero attached hydrogens (tertiary/aromatic N) is 3. The van der Waals surface area contributed by atoms with E-state index in [0.717, 1.165) is 44.7 Å². The topological polar surface area (TPSA) is 36.4 Å². The molecule has 108 valence electrons. The first-order valence-corrected chi connectivity index (χ1v) is 7.78. The monoisotopic (exact) mass is 291 g/mol. The van der Waals surface area contributed by atoms with E-state index in [1.807, 2.05) is 23.1 Å². The van der Waals surface area contributed by atoms with Gasteiger partial charge in [0.05, 0.1) is 16.5 Å². The maximum absolute atomic E-state index is 12.8. The minimum atomic E-state index is -0.323. The third-order valence-electron chi connectivity index (χ3n) is 4.44. The van der Waals surface area contributed by atoms with E-state index in [9.17, 15) is 4.79 Å². The van der Waals surface area contributed by atoms with Crippen LogP contribution in [0, 0.1) is 0 Å². The summed E-state index contributed by atoms with van der Waals surface area (Å²) in [6.45, 7) is 5.51. The average molecular weight is 291 g/mol. The molecule has 1 aliphatic carbocycles. The van der Waals surface area contributed by atoms with Gasteiger partial charge in [0.2, 0.25) is 5.91 Å². The molecule has 1 aromatic heterocycles. The minimum Gasteiger partial charge on any atom is -0.339 e. The molecule has 2 aliphatic rings. The van der Waals surface area contributed by atoms with Crippen LogP contribution in [0.25, 0.3) is 0 Å². The van der Waals surface area contributed by atoms with Gasteiger partial charge < -0.3 is 4.90 Å². The van der Waals surface area contributed by atoms with Crippen LogP contribution in [-0.4, -0.2) is 52.2 Å². The summed E-state index contributed by atoms with van der Waals surface area (Å²) in [4.78, 5) is 21.5. The zero-order valence-corrected chi connectivity index (χ0v) is 12.7. The lowest BCUT2D eigenvalue weighted by atomic mass is 9.99. The van der Waals surface area contributed by atoms with Crippen molar-refractivity contribution in [2.45, 2.75) is 30.6 Å². The highest BCUT2D eigenvalue weighted by molar-refractivity contribution is 7.80. The molecule has 1 aliphatic heterocycles. The predicted octanol–water partition coefficient (Wildman–Crippen LogP) is 1.53. The largest absolute Gasteiger partial charge is 0.339 e. The van der Waals surface area contributed by atoms with Crippen molar-refractivity contribution in [3.63, 3.8) is 0 Å². The Labute approximate surface area is 125 Å². The van der Waals surface area contributed by atoms with Gasteiger partial charge in [-0.3, -0.25) is 14.7 Å². The van der Waals surface area contributed by atoms with Gasteiger partial charge in [-0.15, -0.1) is 0 Å². The molecular weight excluding hydrogens is 270 g/mol. The van der Waals surface area contributed by atoms with Gasteiger partial charge in [-0.05, 0) is 31.9 Å². The Bertz CT molecular complexity index is 479. The Morgan fingerprint density at radius 1 is 1.30 bits per heavy atom. The number of thiol groups is 1. The summed E-state index contributed by atoms with van der Waals surface area (Å²) in [6.07, 6.45) is 3.65. The average Bonchev–Trinajstić information content (AvgIpc) is 3.29. The summed E-state index contributed by atoms with van der Waals surface area (Å²) in [5, 5.41) is 0.262. The Hall–Kier alpha value is -1.07. The van der Waals surface area contributed by atoms with Crippen molar-refractivity contribution >= 4 is 18.5 Å². The van der Waals surface area contributed by atoms with Crippen LogP contribution in [0.4, 0.5) is 0 Å². The first-order chi connectivity index (χ1) is 9.63. The molecule has 1 saturated heterocycles. The predicted molar refractivity (Wildman–Crippen MR) is 81.8 cm³/mol. The summed E-state index contributed by atoms with van der Waals surface area (Å²) in [6, 6.07) is 5.85. The number of aromatic nitrogens is 1. The van der Waals surface area contributed by atoms with Crippen LogP contribution in [0.15, 0.2) is 24.4 Å². The van der Waals surface area contributed by atoms with E-state index in [1.165, 1.54) is 0 Å². The molecule has 2 fully saturated rings. The number of carbonyl (C=O) groups excluding carboxylic acids is 1. The van der Waals surface area contributed by atoms with Crippen molar-refractivity contribution in [1.82, 2.24) is 14.8 Å². The Kier molecular flexibility index (Phi) is 3.73. The standard InChI is InChI=1S/C15H21N3OS/c1-12(20)17-8-10-18(11-9-17)14(19)15(5-6-15)13-4-2-3-7-16-13/h2-4,7,12,20H,5-6,8-11H2,1H3. The van der Waals surface area contributed by atoms with Crippen LogP contribution in [0.2, 0.25) is 0 Å². The SMILES string of the molecule is CC(S)N1CCN(C(=O)C2(c3ccccn3)CC2)CC1. The van der Waals surface area contributed by atoms with Crippen molar-refractivity contribution in [3.8, 4) is 0 Å². The maximum Gasteiger partial charge on any atom is 0.234 e. The van der Waals surface area contributed by atoms with Gasteiger partial charge in [0.1, 0.15) is 0 Å². The summed E-state index contributed by atoms with van der Waals surface area (Å²) in [7, 11) is 0. The fourth-order valence-corrected chi connectivity index (χ4v) is 3.18. The number of carbonyl (C=O) groups is 1. The van der Waals surface area contributed by atoms with Gasteiger partial charge in [0.15, 0.2) is 0 Å². The molecule has 0 aromatic carbocycles. The number of hydrogen-bond donors (Lipinski definition) is 1. The first kappa shape index (κ1) is 13.9. The van der Waals surface area contributed by atoms with Crippen LogP contribution < -0.4 is 0 Å². The van der Waals surface area contributed by atoms with E-state index in [2.05, 4.69) is 29.4 Å². The third-order valence-corrected chi connectivity index (χ3v) is 4.77. The van der Waals surface area contributed by atoms with Crippen LogP contribution in [-0.2, 0) is 10.2 Å². The molecule has 1 unspecified atom stereocenters. The van der Waals surface area contributed by atoms with E-state index in [4.69, 9.17) is 0 Å². The quantitative estimate of drug-likeness (QED) is 0.858. The third kappa shape index (κ3) is 2.44. The van der Waals surface area contributed by atoms with Crippen molar-refractivity contribution in [2.75, 3.05) is 26.2 Å². The highest BCUT2D eigenvalue weighted by Gasteiger charge is 2.54. The van der Waals surface area contributed by atoms with Gasteiger partial charge in [-0.2, -0.15) is 12.6 Å². The molecule has 0 N–H and O–H groups in total. The lowest BCUT2D eigenvalue weighted by Gasteiger charge is -2.38. The summed E-state index contributed by atoms with van der Waals surface area (Å²) in [5.41, 5.74) is 0.616. The fraction of sp³-hybridized carbons (Fsp3) is 0.600. The van der Waals surface area contributed by atoms with E-state index < -0.39 is 0 Å². The Morgan fingerprint density at radius 2 is 2.00 bits per heavy atom. The summed E-state index contributed by atoms with van der Waals surface area (Å²) in [5.74, 6) is 0.266.